The standard InChI is InChI=1S/C17H15N3O3/c1-23-16-8-11(6-7-15(16)21)10-18-20-17(22)14-9-12-4-2-3-5-13(12)19-14/h2-10,19,21H,1H3,(H,20,22). The zero-order valence-corrected chi connectivity index (χ0v) is 12.4. The summed E-state index contributed by atoms with van der Waals surface area (Å²) in [6.07, 6.45) is 1.47. The van der Waals surface area contributed by atoms with Gasteiger partial charge in [0.05, 0.1) is 13.3 Å². The molecule has 116 valence electrons. The highest BCUT2D eigenvalue weighted by molar-refractivity contribution is 5.98. The van der Waals surface area contributed by atoms with Gasteiger partial charge in [0.15, 0.2) is 11.5 Å². The van der Waals surface area contributed by atoms with Crippen LogP contribution < -0.4 is 10.2 Å². The number of aromatic amines is 1. The van der Waals surface area contributed by atoms with Crippen LogP contribution in [0.4, 0.5) is 0 Å². The third-order valence-corrected chi connectivity index (χ3v) is 3.36. The van der Waals surface area contributed by atoms with Gasteiger partial charge in [-0.05, 0) is 35.9 Å². The lowest BCUT2D eigenvalue weighted by Crippen LogP contribution is -2.17. The molecule has 0 aliphatic heterocycles. The van der Waals surface area contributed by atoms with Gasteiger partial charge in [0.25, 0.3) is 5.91 Å². The molecule has 1 aromatic heterocycles. The van der Waals surface area contributed by atoms with Crippen LogP contribution in [0.5, 0.6) is 11.5 Å². The lowest BCUT2D eigenvalue weighted by Gasteiger charge is -2.03. The van der Waals surface area contributed by atoms with E-state index in [4.69, 9.17) is 4.74 Å². The van der Waals surface area contributed by atoms with Crippen molar-refractivity contribution < 1.29 is 14.6 Å². The molecule has 0 bridgehead atoms. The normalized spacial score (nSPS) is 11.0. The van der Waals surface area contributed by atoms with Gasteiger partial charge in [0.2, 0.25) is 0 Å². The van der Waals surface area contributed by atoms with Gasteiger partial charge in [-0.25, -0.2) is 5.43 Å². The van der Waals surface area contributed by atoms with Crippen LogP contribution in [-0.2, 0) is 0 Å². The van der Waals surface area contributed by atoms with Crippen molar-refractivity contribution in [1.29, 1.82) is 0 Å². The average molecular weight is 309 g/mol. The second-order valence-corrected chi connectivity index (χ2v) is 4.90. The Bertz CT molecular complexity index is 851. The van der Waals surface area contributed by atoms with E-state index in [9.17, 15) is 9.90 Å². The smallest absolute Gasteiger partial charge is 0.287 e. The van der Waals surface area contributed by atoms with Crippen molar-refractivity contribution in [3.63, 3.8) is 0 Å². The van der Waals surface area contributed by atoms with Crippen molar-refractivity contribution >= 4 is 23.0 Å². The Morgan fingerprint density at radius 3 is 2.87 bits per heavy atom. The molecule has 6 heteroatoms. The van der Waals surface area contributed by atoms with Crippen LogP contribution in [0.2, 0.25) is 0 Å². The zero-order chi connectivity index (χ0) is 16.2. The number of methoxy groups -OCH3 is 1. The molecule has 2 aromatic carbocycles. The first kappa shape index (κ1) is 14.6. The average Bonchev–Trinajstić information content (AvgIpc) is 3.00. The number of nitrogens with zero attached hydrogens (tertiary/aromatic N) is 1. The maximum absolute atomic E-state index is 12.1. The molecule has 3 rings (SSSR count). The van der Waals surface area contributed by atoms with E-state index in [0.717, 1.165) is 10.9 Å². The minimum atomic E-state index is -0.330. The number of phenols is 1. The van der Waals surface area contributed by atoms with Gasteiger partial charge in [0.1, 0.15) is 5.69 Å². The molecule has 0 radical (unpaired) electrons. The van der Waals surface area contributed by atoms with E-state index in [-0.39, 0.29) is 11.7 Å². The van der Waals surface area contributed by atoms with E-state index in [2.05, 4.69) is 15.5 Å². The third-order valence-electron chi connectivity index (χ3n) is 3.36. The van der Waals surface area contributed by atoms with Gasteiger partial charge in [-0.3, -0.25) is 4.79 Å². The minimum Gasteiger partial charge on any atom is -0.504 e. The lowest BCUT2D eigenvalue weighted by molar-refractivity contribution is 0.0951. The number of aromatic hydroxyl groups is 1. The fourth-order valence-corrected chi connectivity index (χ4v) is 2.20. The van der Waals surface area contributed by atoms with Crippen molar-refractivity contribution in [2.75, 3.05) is 7.11 Å². The largest absolute Gasteiger partial charge is 0.504 e. The molecule has 23 heavy (non-hydrogen) atoms. The number of nitrogens with one attached hydrogen (secondary N) is 2. The first-order chi connectivity index (χ1) is 11.2. The Labute approximate surface area is 132 Å². The van der Waals surface area contributed by atoms with Crippen molar-refractivity contribution in [3.8, 4) is 11.5 Å². The van der Waals surface area contributed by atoms with E-state index in [1.807, 2.05) is 24.3 Å². The number of hydrogen-bond acceptors (Lipinski definition) is 4. The highest BCUT2D eigenvalue weighted by atomic mass is 16.5. The van der Waals surface area contributed by atoms with Crippen molar-refractivity contribution in [2.24, 2.45) is 5.10 Å². The summed E-state index contributed by atoms with van der Waals surface area (Å²) in [6, 6.07) is 14.2. The number of hydrazone groups is 1. The molecule has 0 aliphatic rings. The SMILES string of the molecule is COc1cc(C=NNC(=O)c2cc3ccccc3[nH]2)ccc1O. The second-order valence-electron chi connectivity index (χ2n) is 4.90. The summed E-state index contributed by atoms with van der Waals surface area (Å²) in [4.78, 5) is 15.1. The Morgan fingerprint density at radius 2 is 2.09 bits per heavy atom. The molecule has 1 heterocycles. The molecular formula is C17H15N3O3. The molecule has 0 saturated carbocycles. The first-order valence-electron chi connectivity index (χ1n) is 6.95. The molecule has 0 unspecified atom stereocenters. The summed E-state index contributed by atoms with van der Waals surface area (Å²) in [7, 11) is 1.47. The van der Waals surface area contributed by atoms with Gasteiger partial charge in [0, 0.05) is 10.9 Å². The maximum Gasteiger partial charge on any atom is 0.287 e. The van der Waals surface area contributed by atoms with Crippen molar-refractivity contribution in [1.82, 2.24) is 10.4 Å². The number of aromatic nitrogens is 1. The summed E-state index contributed by atoms with van der Waals surface area (Å²) < 4.78 is 5.01. The second kappa shape index (κ2) is 6.23. The number of carbonyl (C=O) groups is 1. The van der Waals surface area contributed by atoms with Crippen LogP contribution in [0.25, 0.3) is 10.9 Å². The number of ether oxygens (including phenoxy) is 1. The molecule has 1 amide bonds. The van der Waals surface area contributed by atoms with Gasteiger partial charge in [-0.1, -0.05) is 18.2 Å². The molecule has 0 fully saturated rings. The Kier molecular flexibility index (Phi) is 3.97. The van der Waals surface area contributed by atoms with Crippen LogP contribution in [-0.4, -0.2) is 29.3 Å². The van der Waals surface area contributed by atoms with Gasteiger partial charge in [-0.15, -0.1) is 0 Å². The monoisotopic (exact) mass is 309 g/mol. The number of amides is 1. The molecule has 3 aromatic rings. The van der Waals surface area contributed by atoms with Crippen LogP contribution in [0.3, 0.4) is 0 Å². The summed E-state index contributed by atoms with van der Waals surface area (Å²) in [5, 5.41) is 14.4. The summed E-state index contributed by atoms with van der Waals surface area (Å²) in [5.41, 5.74) is 4.48. The summed E-state index contributed by atoms with van der Waals surface area (Å²) in [5.74, 6) is 0.0610. The van der Waals surface area contributed by atoms with Gasteiger partial charge >= 0.3 is 0 Å². The topological polar surface area (TPSA) is 86.7 Å². The lowest BCUT2D eigenvalue weighted by atomic mass is 10.2. The van der Waals surface area contributed by atoms with Crippen molar-refractivity contribution in [3.05, 3.63) is 59.8 Å². The molecule has 0 aliphatic carbocycles. The minimum absolute atomic E-state index is 0.0479. The van der Waals surface area contributed by atoms with Gasteiger partial charge < -0.3 is 14.8 Å². The Balaban J connectivity index is 1.70. The number of carbonyl (C=O) groups excluding carboxylic acids is 1. The van der Waals surface area contributed by atoms with Crippen LogP contribution in [0.15, 0.2) is 53.6 Å². The molecule has 6 nitrogen and oxygen atoms in total. The molecule has 0 atom stereocenters. The van der Waals surface area contributed by atoms with Gasteiger partial charge in [-0.2, -0.15) is 5.10 Å². The van der Waals surface area contributed by atoms with E-state index in [0.29, 0.717) is 17.0 Å². The molecular weight excluding hydrogens is 294 g/mol. The van der Waals surface area contributed by atoms with E-state index in [1.165, 1.54) is 19.4 Å². The van der Waals surface area contributed by atoms with Crippen molar-refractivity contribution in [2.45, 2.75) is 0 Å². The number of benzene rings is 2. The third kappa shape index (κ3) is 3.16. The predicted octanol–water partition coefficient (Wildman–Crippen LogP) is 2.65. The fraction of sp³-hybridized carbons (Fsp3) is 0.0588. The molecule has 0 spiro atoms. The number of H-pyrrole nitrogens is 1. The van der Waals surface area contributed by atoms with Crippen LogP contribution in [0, 0.1) is 0 Å². The highest BCUT2D eigenvalue weighted by Crippen LogP contribution is 2.25. The van der Waals surface area contributed by atoms with Crippen LogP contribution >= 0.6 is 0 Å². The maximum atomic E-state index is 12.1. The highest BCUT2D eigenvalue weighted by Gasteiger charge is 2.08. The van der Waals surface area contributed by atoms with E-state index in [1.54, 1.807) is 18.2 Å². The Hall–Kier alpha value is -3.28. The number of rotatable bonds is 4. The quantitative estimate of drug-likeness (QED) is 0.511. The summed E-state index contributed by atoms with van der Waals surface area (Å²) >= 11 is 0. The number of para-hydroxylation sites is 1. The number of phenolic OH excluding ortho intramolecular Hbond substituents is 1. The number of fused-ring (bicyclic) bond motifs is 1. The fourth-order valence-electron chi connectivity index (χ4n) is 2.20. The van der Waals surface area contributed by atoms with E-state index >= 15 is 0 Å². The number of hydrogen-bond donors (Lipinski definition) is 3. The Morgan fingerprint density at radius 1 is 1.26 bits per heavy atom. The predicted molar refractivity (Wildman–Crippen MR) is 88.0 cm³/mol. The molecule has 3 N–H and O–H groups in total. The van der Waals surface area contributed by atoms with Crippen LogP contribution in [0.1, 0.15) is 16.1 Å². The zero-order valence-electron chi connectivity index (χ0n) is 12.4. The summed E-state index contributed by atoms with van der Waals surface area (Å²) in [6.45, 7) is 0. The first-order valence-corrected chi connectivity index (χ1v) is 6.95. The molecule has 0 saturated heterocycles. The van der Waals surface area contributed by atoms with E-state index < -0.39 is 0 Å².